The largest absolute Gasteiger partial charge is 0.481 e. The number of carboxylic acid groups (broad SMARTS) is 1. The summed E-state index contributed by atoms with van der Waals surface area (Å²) < 4.78 is 1.49. The molecule has 1 aliphatic heterocycles. The number of halogens is 1. The molecule has 2 heterocycles. The standard InChI is InChI=1S/C13H13N5O3.ClH/c19-12(17-6-5-10(7-17)13(20)21)9-1-3-11(4-2-9)18-8-14-15-16-18;/h1-4,8,10H,5-7H2,(H,20,21);1H. The second kappa shape index (κ2) is 6.52. The summed E-state index contributed by atoms with van der Waals surface area (Å²) in [6.07, 6.45) is 1.97. The van der Waals surface area contributed by atoms with Crippen LogP contribution >= 0.6 is 12.4 Å². The quantitative estimate of drug-likeness (QED) is 0.889. The lowest BCUT2D eigenvalue weighted by Crippen LogP contribution is -2.29. The van der Waals surface area contributed by atoms with Crippen LogP contribution in [0, 0.1) is 5.92 Å². The first-order chi connectivity index (χ1) is 10.1. The van der Waals surface area contributed by atoms with E-state index in [2.05, 4.69) is 15.5 Å². The van der Waals surface area contributed by atoms with Crippen LogP contribution in [0.15, 0.2) is 30.6 Å². The number of carbonyl (C=O) groups is 2. The molecule has 0 bridgehead atoms. The first-order valence-electron chi connectivity index (χ1n) is 6.50. The van der Waals surface area contributed by atoms with Crippen LogP contribution in [0.3, 0.4) is 0 Å². The number of carboxylic acids is 1. The summed E-state index contributed by atoms with van der Waals surface area (Å²) in [6.45, 7) is 0.744. The molecule has 1 fully saturated rings. The van der Waals surface area contributed by atoms with E-state index in [9.17, 15) is 9.59 Å². The molecule has 1 saturated heterocycles. The Balaban J connectivity index is 0.00000176. The van der Waals surface area contributed by atoms with Gasteiger partial charge in [-0.25, -0.2) is 4.68 Å². The van der Waals surface area contributed by atoms with E-state index in [1.165, 1.54) is 11.0 Å². The average Bonchev–Trinajstić information content (AvgIpc) is 3.18. The lowest BCUT2D eigenvalue weighted by Gasteiger charge is -2.15. The van der Waals surface area contributed by atoms with Crippen LogP contribution in [-0.4, -0.2) is 55.2 Å². The molecule has 0 radical (unpaired) electrons. The number of aromatic nitrogens is 4. The molecule has 3 rings (SSSR count). The number of hydrogen-bond donors (Lipinski definition) is 1. The number of carbonyl (C=O) groups excluding carboxylic acids is 1. The molecule has 1 N–H and O–H groups in total. The van der Waals surface area contributed by atoms with Gasteiger partial charge in [-0.2, -0.15) is 0 Å². The number of nitrogens with zero attached hydrogens (tertiary/aromatic N) is 5. The van der Waals surface area contributed by atoms with Crippen LogP contribution in [0.5, 0.6) is 0 Å². The molecule has 1 atom stereocenters. The summed E-state index contributed by atoms with van der Waals surface area (Å²) in [4.78, 5) is 24.8. The maximum absolute atomic E-state index is 12.3. The van der Waals surface area contributed by atoms with Gasteiger partial charge in [0.05, 0.1) is 11.6 Å². The molecule has 0 aliphatic carbocycles. The van der Waals surface area contributed by atoms with Gasteiger partial charge in [0, 0.05) is 18.7 Å². The van der Waals surface area contributed by atoms with E-state index in [0.29, 0.717) is 18.5 Å². The molecule has 116 valence electrons. The Hall–Kier alpha value is -2.48. The minimum atomic E-state index is -0.848. The van der Waals surface area contributed by atoms with Gasteiger partial charge < -0.3 is 10.0 Å². The topological polar surface area (TPSA) is 101 Å². The number of likely N-dealkylation sites (tertiary alicyclic amines) is 1. The van der Waals surface area contributed by atoms with E-state index in [0.717, 1.165) is 5.69 Å². The van der Waals surface area contributed by atoms with Crippen molar-refractivity contribution in [3.63, 3.8) is 0 Å². The van der Waals surface area contributed by atoms with Crippen molar-refractivity contribution >= 4 is 24.3 Å². The van der Waals surface area contributed by atoms with E-state index in [-0.39, 0.29) is 24.9 Å². The van der Waals surface area contributed by atoms with Crippen molar-refractivity contribution in [2.24, 2.45) is 5.92 Å². The van der Waals surface area contributed by atoms with Crippen molar-refractivity contribution in [3.05, 3.63) is 36.2 Å². The number of aliphatic carboxylic acids is 1. The van der Waals surface area contributed by atoms with E-state index < -0.39 is 11.9 Å². The van der Waals surface area contributed by atoms with E-state index in [1.807, 2.05) is 0 Å². The van der Waals surface area contributed by atoms with Gasteiger partial charge in [-0.05, 0) is 41.1 Å². The smallest absolute Gasteiger partial charge is 0.308 e. The zero-order valence-electron chi connectivity index (χ0n) is 11.5. The molecule has 1 aromatic carbocycles. The van der Waals surface area contributed by atoms with Gasteiger partial charge in [0.15, 0.2) is 0 Å². The Morgan fingerprint density at radius 2 is 1.95 bits per heavy atom. The van der Waals surface area contributed by atoms with E-state index in [4.69, 9.17) is 5.11 Å². The molecular formula is C13H14ClN5O3. The fourth-order valence-electron chi connectivity index (χ4n) is 2.37. The Kier molecular flexibility index (Phi) is 4.71. The minimum Gasteiger partial charge on any atom is -0.481 e. The molecular weight excluding hydrogens is 310 g/mol. The van der Waals surface area contributed by atoms with Gasteiger partial charge in [0.25, 0.3) is 5.91 Å². The van der Waals surface area contributed by atoms with Crippen LogP contribution in [0.1, 0.15) is 16.8 Å². The predicted octanol–water partition coefficient (Wildman–Crippen LogP) is 0.631. The fraction of sp³-hybridized carbons (Fsp3) is 0.308. The second-order valence-electron chi connectivity index (χ2n) is 4.88. The normalized spacial score (nSPS) is 17.1. The molecule has 22 heavy (non-hydrogen) atoms. The lowest BCUT2D eigenvalue weighted by atomic mass is 10.1. The first-order valence-corrected chi connectivity index (χ1v) is 6.50. The zero-order chi connectivity index (χ0) is 14.8. The maximum atomic E-state index is 12.3. The monoisotopic (exact) mass is 323 g/mol. The van der Waals surface area contributed by atoms with E-state index >= 15 is 0 Å². The van der Waals surface area contributed by atoms with Gasteiger partial charge in [-0.3, -0.25) is 9.59 Å². The third kappa shape index (κ3) is 3.06. The Morgan fingerprint density at radius 3 is 2.50 bits per heavy atom. The highest BCUT2D eigenvalue weighted by molar-refractivity contribution is 5.95. The summed E-state index contributed by atoms with van der Waals surface area (Å²) in [5.74, 6) is -1.46. The van der Waals surface area contributed by atoms with Crippen molar-refractivity contribution < 1.29 is 14.7 Å². The summed E-state index contributed by atoms with van der Waals surface area (Å²) in [5, 5.41) is 19.8. The van der Waals surface area contributed by atoms with Crippen LogP contribution in [-0.2, 0) is 4.79 Å². The average molecular weight is 324 g/mol. The van der Waals surface area contributed by atoms with Gasteiger partial charge in [-0.1, -0.05) is 0 Å². The van der Waals surface area contributed by atoms with Crippen LogP contribution in [0.2, 0.25) is 0 Å². The van der Waals surface area contributed by atoms with Crippen molar-refractivity contribution in [3.8, 4) is 5.69 Å². The summed E-state index contributed by atoms with van der Waals surface area (Å²) in [5.41, 5.74) is 1.28. The zero-order valence-corrected chi connectivity index (χ0v) is 12.3. The number of benzene rings is 1. The van der Waals surface area contributed by atoms with Crippen molar-refractivity contribution in [1.29, 1.82) is 0 Å². The molecule has 1 unspecified atom stereocenters. The highest BCUT2D eigenvalue weighted by atomic mass is 35.5. The van der Waals surface area contributed by atoms with Crippen LogP contribution in [0.4, 0.5) is 0 Å². The second-order valence-corrected chi connectivity index (χ2v) is 4.88. The number of rotatable bonds is 3. The SMILES string of the molecule is Cl.O=C(O)C1CCN(C(=O)c2ccc(-n3cnnn3)cc2)C1. The third-order valence-electron chi connectivity index (χ3n) is 3.55. The highest BCUT2D eigenvalue weighted by Crippen LogP contribution is 2.19. The summed E-state index contributed by atoms with van der Waals surface area (Å²) in [7, 11) is 0. The van der Waals surface area contributed by atoms with E-state index in [1.54, 1.807) is 29.2 Å². The summed E-state index contributed by atoms with van der Waals surface area (Å²) >= 11 is 0. The number of hydrogen-bond acceptors (Lipinski definition) is 5. The number of tetrazole rings is 1. The lowest BCUT2D eigenvalue weighted by molar-refractivity contribution is -0.141. The van der Waals surface area contributed by atoms with Crippen molar-refractivity contribution in [2.45, 2.75) is 6.42 Å². The van der Waals surface area contributed by atoms with Crippen molar-refractivity contribution in [2.75, 3.05) is 13.1 Å². The Morgan fingerprint density at radius 1 is 1.23 bits per heavy atom. The molecule has 1 amide bonds. The summed E-state index contributed by atoms with van der Waals surface area (Å²) in [6, 6.07) is 6.86. The van der Waals surface area contributed by atoms with Crippen LogP contribution < -0.4 is 0 Å². The third-order valence-corrected chi connectivity index (χ3v) is 3.55. The van der Waals surface area contributed by atoms with Crippen molar-refractivity contribution in [1.82, 2.24) is 25.1 Å². The highest BCUT2D eigenvalue weighted by Gasteiger charge is 2.31. The number of amides is 1. The Labute approximate surface area is 132 Å². The van der Waals surface area contributed by atoms with Gasteiger partial charge in [-0.15, -0.1) is 17.5 Å². The molecule has 1 aromatic heterocycles. The van der Waals surface area contributed by atoms with Gasteiger partial charge in [0.1, 0.15) is 6.33 Å². The minimum absolute atomic E-state index is 0. The van der Waals surface area contributed by atoms with Gasteiger partial charge >= 0.3 is 5.97 Å². The predicted molar refractivity (Wildman–Crippen MR) is 78.0 cm³/mol. The maximum Gasteiger partial charge on any atom is 0.308 e. The van der Waals surface area contributed by atoms with Crippen LogP contribution in [0.25, 0.3) is 5.69 Å². The Bertz CT molecular complexity index is 659. The first kappa shape index (κ1) is 15.9. The molecule has 8 nitrogen and oxygen atoms in total. The van der Waals surface area contributed by atoms with Gasteiger partial charge in [0.2, 0.25) is 0 Å². The molecule has 2 aromatic rings. The molecule has 0 spiro atoms. The molecule has 1 aliphatic rings. The molecule has 9 heteroatoms. The molecule has 0 saturated carbocycles. The fourth-order valence-corrected chi connectivity index (χ4v) is 2.37.